The van der Waals surface area contributed by atoms with Gasteiger partial charge < -0.3 is 15.5 Å². The third-order valence-corrected chi connectivity index (χ3v) is 4.05. The highest BCUT2D eigenvalue weighted by atomic mass is 16.2. The van der Waals surface area contributed by atoms with Crippen LogP contribution in [0.3, 0.4) is 0 Å². The molecule has 1 aliphatic rings. The van der Waals surface area contributed by atoms with Crippen LogP contribution in [0.1, 0.15) is 12.0 Å². The third kappa shape index (κ3) is 4.20. The summed E-state index contributed by atoms with van der Waals surface area (Å²) in [6, 6.07) is 18.7. The fourth-order valence-corrected chi connectivity index (χ4v) is 2.83. The molecule has 0 aromatic heterocycles. The van der Waals surface area contributed by atoms with Crippen LogP contribution in [-0.2, 0) is 16.1 Å². The lowest BCUT2D eigenvalue weighted by Crippen LogP contribution is -2.55. The van der Waals surface area contributed by atoms with Gasteiger partial charge in [-0.1, -0.05) is 48.5 Å². The quantitative estimate of drug-likeness (QED) is 0.885. The number of amides is 2. The lowest BCUT2D eigenvalue weighted by molar-refractivity contribution is -0.138. The van der Waals surface area contributed by atoms with Crippen molar-refractivity contribution in [3.8, 4) is 0 Å². The van der Waals surface area contributed by atoms with Crippen molar-refractivity contribution in [3.63, 3.8) is 0 Å². The van der Waals surface area contributed by atoms with Crippen molar-refractivity contribution >= 4 is 17.5 Å². The third-order valence-electron chi connectivity index (χ3n) is 4.05. The van der Waals surface area contributed by atoms with E-state index in [9.17, 15) is 9.59 Å². The summed E-state index contributed by atoms with van der Waals surface area (Å²) in [7, 11) is 0. The molecule has 5 nitrogen and oxygen atoms in total. The molecule has 0 radical (unpaired) electrons. The first-order valence-electron chi connectivity index (χ1n) is 8.13. The van der Waals surface area contributed by atoms with Crippen LogP contribution >= 0.6 is 0 Å². The van der Waals surface area contributed by atoms with Crippen molar-refractivity contribution in [2.24, 2.45) is 0 Å². The van der Waals surface area contributed by atoms with Gasteiger partial charge in [-0.25, -0.2) is 0 Å². The van der Waals surface area contributed by atoms with Gasteiger partial charge in [-0.2, -0.15) is 0 Å². The van der Waals surface area contributed by atoms with Crippen molar-refractivity contribution in [1.82, 2.24) is 10.2 Å². The molecule has 1 atom stereocenters. The number of hydrogen-bond acceptors (Lipinski definition) is 3. The first-order valence-corrected chi connectivity index (χ1v) is 8.13. The number of anilines is 1. The first-order chi connectivity index (χ1) is 11.7. The maximum absolute atomic E-state index is 12.6. The van der Waals surface area contributed by atoms with Crippen molar-refractivity contribution in [3.05, 3.63) is 66.2 Å². The molecule has 3 rings (SSSR count). The Morgan fingerprint density at radius 1 is 1.08 bits per heavy atom. The van der Waals surface area contributed by atoms with Gasteiger partial charge in [0.2, 0.25) is 11.8 Å². The molecule has 124 valence electrons. The van der Waals surface area contributed by atoms with Gasteiger partial charge in [-0.15, -0.1) is 0 Å². The summed E-state index contributed by atoms with van der Waals surface area (Å²) in [6.07, 6.45) is 0.138. The van der Waals surface area contributed by atoms with E-state index in [0.717, 1.165) is 11.3 Å². The molecular weight excluding hydrogens is 302 g/mol. The second kappa shape index (κ2) is 7.75. The average molecular weight is 323 g/mol. The highest BCUT2D eigenvalue weighted by Gasteiger charge is 2.30. The van der Waals surface area contributed by atoms with E-state index in [1.165, 1.54) is 0 Å². The van der Waals surface area contributed by atoms with Crippen LogP contribution in [0.25, 0.3) is 0 Å². The summed E-state index contributed by atoms with van der Waals surface area (Å²) < 4.78 is 0. The van der Waals surface area contributed by atoms with E-state index in [-0.39, 0.29) is 18.2 Å². The summed E-state index contributed by atoms with van der Waals surface area (Å²) in [5, 5.41) is 5.97. The van der Waals surface area contributed by atoms with Crippen molar-refractivity contribution in [1.29, 1.82) is 0 Å². The van der Waals surface area contributed by atoms with Crippen LogP contribution in [0, 0.1) is 0 Å². The summed E-state index contributed by atoms with van der Waals surface area (Å²) in [5.41, 5.74) is 1.84. The second-order valence-electron chi connectivity index (χ2n) is 5.87. The number of para-hydroxylation sites is 1. The van der Waals surface area contributed by atoms with Crippen LogP contribution in [-0.4, -0.2) is 35.8 Å². The van der Waals surface area contributed by atoms with Crippen LogP contribution < -0.4 is 10.6 Å². The summed E-state index contributed by atoms with van der Waals surface area (Å²) in [5.74, 6) is -0.179. The topological polar surface area (TPSA) is 61.4 Å². The minimum absolute atomic E-state index is 0.0201. The van der Waals surface area contributed by atoms with Gasteiger partial charge in [0, 0.05) is 25.3 Å². The first kappa shape index (κ1) is 16.2. The van der Waals surface area contributed by atoms with E-state index in [4.69, 9.17) is 0 Å². The molecule has 5 heteroatoms. The van der Waals surface area contributed by atoms with Crippen LogP contribution in [0.15, 0.2) is 60.7 Å². The lowest BCUT2D eigenvalue weighted by atomic mass is 10.1. The summed E-state index contributed by atoms with van der Waals surface area (Å²) >= 11 is 0. The molecule has 24 heavy (non-hydrogen) atoms. The standard InChI is InChI=1S/C19H21N3O2/c23-18(21-16-9-5-2-6-10-16)13-17-19(24)22(12-11-20-17)14-15-7-3-1-4-8-15/h1-10,17,20H,11-14H2,(H,21,23)/t17-/m0/s1. The average Bonchev–Trinajstić information content (AvgIpc) is 2.60. The van der Waals surface area contributed by atoms with E-state index in [2.05, 4.69) is 10.6 Å². The van der Waals surface area contributed by atoms with Gasteiger partial charge in [0.25, 0.3) is 0 Å². The Kier molecular flexibility index (Phi) is 5.23. The van der Waals surface area contributed by atoms with Gasteiger partial charge >= 0.3 is 0 Å². The SMILES string of the molecule is O=C(C[C@@H]1NCCN(Cc2ccccc2)C1=O)Nc1ccccc1. The smallest absolute Gasteiger partial charge is 0.240 e. The Balaban J connectivity index is 1.57. The number of benzene rings is 2. The lowest BCUT2D eigenvalue weighted by Gasteiger charge is -2.33. The Morgan fingerprint density at radius 3 is 2.46 bits per heavy atom. The molecule has 1 heterocycles. The Hall–Kier alpha value is -2.66. The van der Waals surface area contributed by atoms with Gasteiger partial charge in [0.1, 0.15) is 0 Å². The molecule has 2 aromatic rings. The molecule has 0 spiro atoms. The molecule has 2 amide bonds. The van der Waals surface area contributed by atoms with Gasteiger partial charge in [0.15, 0.2) is 0 Å². The maximum atomic E-state index is 12.6. The molecule has 0 unspecified atom stereocenters. The number of rotatable bonds is 5. The molecule has 0 bridgehead atoms. The molecule has 2 aromatic carbocycles. The molecule has 2 N–H and O–H groups in total. The Bertz CT molecular complexity index is 688. The highest BCUT2D eigenvalue weighted by molar-refractivity contribution is 5.95. The van der Waals surface area contributed by atoms with Crippen molar-refractivity contribution in [2.45, 2.75) is 19.0 Å². The molecule has 1 aliphatic heterocycles. The van der Waals surface area contributed by atoms with E-state index < -0.39 is 6.04 Å². The largest absolute Gasteiger partial charge is 0.336 e. The normalized spacial score (nSPS) is 17.6. The Morgan fingerprint density at radius 2 is 1.75 bits per heavy atom. The number of nitrogens with zero attached hydrogens (tertiary/aromatic N) is 1. The van der Waals surface area contributed by atoms with Crippen LogP contribution in [0.5, 0.6) is 0 Å². The van der Waals surface area contributed by atoms with Gasteiger partial charge in [0.05, 0.1) is 12.5 Å². The van der Waals surface area contributed by atoms with Crippen LogP contribution in [0.2, 0.25) is 0 Å². The monoisotopic (exact) mass is 323 g/mol. The Labute approximate surface area is 141 Å². The van der Waals surface area contributed by atoms with Crippen LogP contribution in [0.4, 0.5) is 5.69 Å². The number of nitrogens with one attached hydrogen (secondary N) is 2. The molecule has 0 aliphatic carbocycles. The predicted octanol–water partition coefficient (Wildman–Crippen LogP) is 2.02. The minimum Gasteiger partial charge on any atom is -0.336 e. The van der Waals surface area contributed by atoms with E-state index in [1.807, 2.05) is 65.6 Å². The number of carbonyl (C=O) groups is 2. The van der Waals surface area contributed by atoms with E-state index in [0.29, 0.717) is 19.6 Å². The second-order valence-corrected chi connectivity index (χ2v) is 5.87. The predicted molar refractivity (Wildman–Crippen MR) is 93.3 cm³/mol. The zero-order valence-corrected chi connectivity index (χ0v) is 13.4. The molecule has 1 fully saturated rings. The zero-order valence-electron chi connectivity index (χ0n) is 13.4. The minimum atomic E-state index is -0.467. The maximum Gasteiger partial charge on any atom is 0.240 e. The van der Waals surface area contributed by atoms with Crippen molar-refractivity contribution < 1.29 is 9.59 Å². The fourth-order valence-electron chi connectivity index (χ4n) is 2.83. The van der Waals surface area contributed by atoms with E-state index in [1.54, 1.807) is 0 Å². The molecule has 1 saturated heterocycles. The van der Waals surface area contributed by atoms with E-state index >= 15 is 0 Å². The van der Waals surface area contributed by atoms with Gasteiger partial charge in [-0.3, -0.25) is 9.59 Å². The zero-order chi connectivity index (χ0) is 16.8. The molecular formula is C19H21N3O2. The summed E-state index contributed by atoms with van der Waals surface area (Å²) in [4.78, 5) is 26.6. The summed E-state index contributed by atoms with van der Waals surface area (Å²) in [6.45, 7) is 1.94. The number of carbonyl (C=O) groups excluding carboxylic acids is 2. The van der Waals surface area contributed by atoms with Crippen molar-refractivity contribution in [2.75, 3.05) is 18.4 Å². The number of piperazine rings is 1. The number of hydrogen-bond donors (Lipinski definition) is 2. The molecule has 0 saturated carbocycles. The van der Waals surface area contributed by atoms with Gasteiger partial charge in [-0.05, 0) is 17.7 Å². The highest BCUT2D eigenvalue weighted by Crippen LogP contribution is 2.12. The fraction of sp³-hybridized carbons (Fsp3) is 0.263.